The summed E-state index contributed by atoms with van der Waals surface area (Å²) in [6.45, 7) is 5.50. The molecule has 21 heavy (non-hydrogen) atoms. The second kappa shape index (κ2) is 8.37. The van der Waals surface area contributed by atoms with Crippen molar-refractivity contribution in [1.29, 1.82) is 0 Å². The van der Waals surface area contributed by atoms with Gasteiger partial charge in [0, 0.05) is 24.4 Å². The third-order valence-corrected chi connectivity index (χ3v) is 4.96. The maximum Gasteiger partial charge on any atom is 0.306 e. The fourth-order valence-electron chi connectivity index (χ4n) is 2.95. The Labute approximate surface area is 131 Å². The lowest BCUT2D eigenvalue weighted by Crippen LogP contribution is -2.36. The van der Waals surface area contributed by atoms with E-state index >= 15 is 0 Å². The van der Waals surface area contributed by atoms with Gasteiger partial charge in [0.05, 0.1) is 18.7 Å². The Bertz CT molecular complexity index is 441. The molecule has 2 rings (SSSR count). The van der Waals surface area contributed by atoms with Crippen LogP contribution in [0.4, 0.5) is 5.13 Å². The summed E-state index contributed by atoms with van der Waals surface area (Å²) in [5.74, 6) is -0.133. The smallest absolute Gasteiger partial charge is 0.306 e. The van der Waals surface area contributed by atoms with E-state index in [1.54, 1.807) is 11.3 Å². The van der Waals surface area contributed by atoms with Crippen molar-refractivity contribution >= 4 is 22.4 Å². The first kappa shape index (κ1) is 16.3. The first-order valence-electron chi connectivity index (χ1n) is 8.11. The molecule has 0 amide bonds. The number of hydrogen-bond acceptors (Lipinski definition) is 5. The Morgan fingerprint density at radius 3 is 2.81 bits per heavy atom. The fourth-order valence-corrected chi connectivity index (χ4v) is 3.94. The number of ether oxygens (including phenoxy) is 1. The van der Waals surface area contributed by atoms with Crippen LogP contribution in [0.15, 0.2) is 5.38 Å². The third-order valence-electron chi connectivity index (χ3n) is 4.03. The Hall–Kier alpha value is -1.10. The number of carbonyl (C=O) groups excluding carboxylic acids is 1. The first-order chi connectivity index (χ1) is 10.2. The van der Waals surface area contributed by atoms with Gasteiger partial charge in [-0.2, -0.15) is 0 Å². The van der Waals surface area contributed by atoms with Crippen LogP contribution in [0.5, 0.6) is 0 Å². The van der Waals surface area contributed by atoms with E-state index in [0.717, 1.165) is 17.4 Å². The van der Waals surface area contributed by atoms with E-state index in [1.165, 1.54) is 32.1 Å². The summed E-state index contributed by atoms with van der Waals surface area (Å²) in [4.78, 5) is 18.6. The van der Waals surface area contributed by atoms with E-state index in [1.807, 2.05) is 6.92 Å². The molecule has 1 saturated carbocycles. The molecule has 0 saturated heterocycles. The lowest BCUT2D eigenvalue weighted by molar-refractivity contribution is -0.143. The topological polar surface area (TPSA) is 42.4 Å². The molecule has 0 spiro atoms. The predicted octanol–water partition coefficient (Wildman–Crippen LogP) is 3.80. The Kier molecular flexibility index (Phi) is 6.49. The molecule has 1 fully saturated rings. The van der Waals surface area contributed by atoms with Gasteiger partial charge in [-0.25, -0.2) is 4.98 Å². The highest BCUT2D eigenvalue weighted by molar-refractivity contribution is 7.13. The summed E-state index contributed by atoms with van der Waals surface area (Å²) >= 11 is 1.70. The van der Waals surface area contributed by atoms with Gasteiger partial charge in [0.25, 0.3) is 0 Å². The number of aryl methyl sites for hydroxylation is 1. The summed E-state index contributed by atoms with van der Waals surface area (Å²) in [5.41, 5.74) is 1.01. The van der Waals surface area contributed by atoms with E-state index in [0.29, 0.717) is 25.5 Å². The van der Waals surface area contributed by atoms with Gasteiger partial charge in [-0.1, -0.05) is 19.3 Å². The summed E-state index contributed by atoms with van der Waals surface area (Å²) < 4.78 is 4.96. The van der Waals surface area contributed by atoms with E-state index in [9.17, 15) is 4.79 Å². The van der Waals surface area contributed by atoms with Crippen molar-refractivity contribution < 1.29 is 9.53 Å². The van der Waals surface area contributed by atoms with Crippen LogP contribution in [-0.4, -0.2) is 30.1 Å². The molecule has 1 aliphatic rings. The van der Waals surface area contributed by atoms with Crippen LogP contribution in [0.25, 0.3) is 0 Å². The monoisotopic (exact) mass is 310 g/mol. The normalized spacial score (nSPS) is 15.9. The Balaban J connectivity index is 1.92. The van der Waals surface area contributed by atoms with Crippen LogP contribution < -0.4 is 4.90 Å². The molecule has 0 bridgehead atoms. The molecule has 1 aromatic rings. The van der Waals surface area contributed by atoms with Gasteiger partial charge in [-0.3, -0.25) is 4.79 Å². The fraction of sp³-hybridized carbons (Fsp3) is 0.750. The van der Waals surface area contributed by atoms with Gasteiger partial charge in [0.15, 0.2) is 5.13 Å². The average Bonchev–Trinajstić information content (AvgIpc) is 2.96. The van der Waals surface area contributed by atoms with E-state index in [2.05, 4.69) is 17.2 Å². The van der Waals surface area contributed by atoms with Gasteiger partial charge in [0.2, 0.25) is 0 Å². The molecule has 0 aromatic carbocycles. The van der Waals surface area contributed by atoms with Gasteiger partial charge in [-0.05, 0) is 26.7 Å². The zero-order valence-electron chi connectivity index (χ0n) is 13.1. The third kappa shape index (κ3) is 4.70. The predicted molar refractivity (Wildman–Crippen MR) is 87.0 cm³/mol. The number of carbonyl (C=O) groups is 1. The number of anilines is 1. The highest BCUT2D eigenvalue weighted by Crippen LogP contribution is 2.29. The van der Waals surface area contributed by atoms with Crippen LogP contribution in [0.2, 0.25) is 0 Å². The van der Waals surface area contributed by atoms with E-state index in [4.69, 9.17) is 9.72 Å². The minimum absolute atomic E-state index is 0.133. The maximum atomic E-state index is 11.4. The summed E-state index contributed by atoms with van der Waals surface area (Å²) in [7, 11) is 0. The first-order valence-corrected chi connectivity index (χ1v) is 8.99. The molecule has 5 heteroatoms. The molecule has 0 aliphatic heterocycles. The number of hydrogen-bond donors (Lipinski definition) is 0. The molecular formula is C16H26N2O2S. The second-order valence-electron chi connectivity index (χ2n) is 5.50. The van der Waals surface area contributed by atoms with Crippen LogP contribution in [0, 0.1) is 0 Å². The molecule has 1 heterocycles. The van der Waals surface area contributed by atoms with Crippen LogP contribution in [-0.2, 0) is 16.0 Å². The largest absolute Gasteiger partial charge is 0.466 e. The molecule has 0 unspecified atom stereocenters. The highest BCUT2D eigenvalue weighted by atomic mass is 32.1. The zero-order chi connectivity index (χ0) is 15.1. The van der Waals surface area contributed by atoms with E-state index < -0.39 is 0 Å². The quantitative estimate of drug-likeness (QED) is 0.718. The molecule has 0 radical (unpaired) electrons. The van der Waals surface area contributed by atoms with Crippen molar-refractivity contribution in [3.63, 3.8) is 0 Å². The number of esters is 1. The van der Waals surface area contributed by atoms with Crippen LogP contribution >= 0.6 is 11.3 Å². The Morgan fingerprint density at radius 2 is 2.14 bits per heavy atom. The van der Waals surface area contributed by atoms with Crippen molar-refractivity contribution in [2.45, 2.75) is 64.8 Å². The van der Waals surface area contributed by atoms with Crippen LogP contribution in [0.1, 0.15) is 58.1 Å². The van der Waals surface area contributed by atoms with E-state index in [-0.39, 0.29) is 5.97 Å². The lowest BCUT2D eigenvalue weighted by Gasteiger charge is -2.33. The number of nitrogens with zero attached hydrogens (tertiary/aromatic N) is 2. The SMILES string of the molecule is CCOC(=O)CCc1csc(N(CC)C2CCCCC2)n1. The van der Waals surface area contributed by atoms with Crippen molar-refractivity contribution in [1.82, 2.24) is 4.98 Å². The zero-order valence-corrected chi connectivity index (χ0v) is 14.0. The standard InChI is InChI=1S/C16H26N2O2S/c1-3-18(14-8-6-5-7-9-14)16-17-13(12-21-16)10-11-15(19)20-4-2/h12,14H,3-11H2,1-2H3. The molecule has 1 aromatic heterocycles. The Morgan fingerprint density at radius 1 is 1.38 bits per heavy atom. The van der Waals surface area contributed by atoms with Gasteiger partial charge in [0.1, 0.15) is 0 Å². The number of rotatable bonds is 7. The van der Waals surface area contributed by atoms with Crippen molar-refractivity contribution in [2.75, 3.05) is 18.1 Å². The molecule has 4 nitrogen and oxygen atoms in total. The van der Waals surface area contributed by atoms with Gasteiger partial charge < -0.3 is 9.64 Å². The summed E-state index contributed by atoms with van der Waals surface area (Å²) in [6.07, 6.45) is 7.71. The minimum Gasteiger partial charge on any atom is -0.466 e. The number of aromatic nitrogens is 1. The van der Waals surface area contributed by atoms with Crippen molar-refractivity contribution in [3.8, 4) is 0 Å². The van der Waals surface area contributed by atoms with Crippen LogP contribution in [0.3, 0.4) is 0 Å². The summed E-state index contributed by atoms with van der Waals surface area (Å²) in [6, 6.07) is 0.646. The van der Waals surface area contributed by atoms with Crippen molar-refractivity contribution in [3.05, 3.63) is 11.1 Å². The number of thiazole rings is 1. The highest BCUT2D eigenvalue weighted by Gasteiger charge is 2.22. The molecule has 118 valence electrons. The summed E-state index contributed by atoms with van der Waals surface area (Å²) in [5, 5.41) is 3.20. The lowest BCUT2D eigenvalue weighted by atomic mass is 9.94. The minimum atomic E-state index is -0.133. The van der Waals surface area contributed by atoms with Crippen molar-refractivity contribution in [2.24, 2.45) is 0 Å². The molecule has 0 N–H and O–H groups in total. The van der Waals surface area contributed by atoms with Gasteiger partial charge in [-0.15, -0.1) is 11.3 Å². The average molecular weight is 310 g/mol. The molecule has 1 aliphatic carbocycles. The molecule has 0 atom stereocenters. The second-order valence-corrected chi connectivity index (χ2v) is 6.34. The molecular weight excluding hydrogens is 284 g/mol. The van der Waals surface area contributed by atoms with Gasteiger partial charge >= 0.3 is 5.97 Å². The maximum absolute atomic E-state index is 11.4.